The fourth-order valence-corrected chi connectivity index (χ4v) is 2.28. The van der Waals surface area contributed by atoms with E-state index in [4.69, 9.17) is 16.7 Å². The van der Waals surface area contributed by atoms with E-state index in [0.717, 1.165) is 12.8 Å². The SMILES string of the molecule is CCCCCCCCCCC(C)(C)C(Cl)C(=O)O. The number of hydrogen-bond donors (Lipinski definition) is 1. The van der Waals surface area contributed by atoms with Crippen molar-refractivity contribution in [3.8, 4) is 0 Å². The van der Waals surface area contributed by atoms with E-state index in [1.807, 2.05) is 13.8 Å². The summed E-state index contributed by atoms with van der Waals surface area (Å²) in [5, 5.41) is 8.13. The van der Waals surface area contributed by atoms with Crippen molar-refractivity contribution >= 4 is 17.6 Å². The third-order valence-corrected chi connectivity index (χ3v) is 4.36. The van der Waals surface area contributed by atoms with Gasteiger partial charge in [-0.05, 0) is 11.8 Å². The molecule has 0 aromatic carbocycles. The largest absolute Gasteiger partial charge is 0.480 e. The predicted octanol–water partition coefficient (Wildman–Crippen LogP) is 5.24. The Hall–Kier alpha value is -0.240. The summed E-state index contributed by atoms with van der Waals surface area (Å²) in [4.78, 5) is 10.8. The molecule has 0 spiro atoms. The molecule has 1 atom stereocenters. The maximum Gasteiger partial charge on any atom is 0.322 e. The average molecular weight is 277 g/mol. The second kappa shape index (κ2) is 9.66. The van der Waals surface area contributed by atoms with Crippen LogP contribution in [-0.4, -0.2) is 16.5 Å². The van der Waals surface area contributed by atoms with Crippen molar-refractivity contribution in [1.29, 1.82) is 0 Å². The van der Waals surface area contributed by atoms with Gasteiger partial charge in [0.25, 0.3) is 0 Å². The number of unbranched alkanes of at least 4 members (excludes halogenated alkanes) is 7. The number of carbonyl (C=O) groups is 1. The van der Waals surface area contributed by atoms with Crippen molar-refractivity contribution in [1.82, 2.24) is 0 Å². The molecule has 0 heterocycles. The van der Waals surface area contributed by atoms with Crippen molar-refractivity contribution < 1.29 is 9.90 Å². The quantitative estimate of drug-likeness (QED) is 0.414. The minimum Gasteiger partial charge on any atom is -0.480 e. The number of aliphatic carboxylic acids is 1. The highest BCUT2D eigenvalue weighted by Crippen LogP contribution is 2.32. The molecule has 0 aliphatic carbocycles. The summed E-state index contributed by atoms with van der Waals surface area (Å²) < 4.78 is 0. The summed E-state index contributed by atoms with van der Waals surface area (Å²) in [7, 11) is 0. The fourth-order valence-electron chi connectivity index (χ4n) is 2.18. The highest BCUT2D eigenvalue weighted by molar-refractivity contribution is 6.30. The molecule has 0 rings (SSSR count). The van der Waals surface area contributed by atoms with Crippen LogP contribution in [0.5, 0.6) is 0 Å². The highest BCUT2D eigenvalue weighted by Gasteiger charge is 2.32. The zero-order valence-electron chi connectivity index (χ0n) is 12.2. The molecule has 18 heavy (non-hydrogen) atoms. The third-order valence-electron chi connectivity index (χ3n) is 3.58. The molecular weight excluding hydrogens is 248 g/mol. The molecule has 0 aliphatic rings. The first-order chi connectivity index (χ1) is 8.41. The Labute approximate surface area is 117 Å². The molecule has 0 bridgehead atoms. The molecule has 0 aromatic heterocycles. The van der Waals surface area contributed by atoms with Crippen LogP contribution in [0.25, 0.3) is 0 Å². The van der Waals surface area contributed by atoms with Crippen LogP contribution in [-0.2, 0) is 4.79 Å². The summed E-state index contributed by atoms with van der Waals surface area (Å²) in [5.41, 5.74) is -0.310. The minimum atomic E-state index is -0.902. The van der Waals surface area contributed by atoms with Gasteiger partial charge >= 0.3 is 5.97 Å². The van der Waals surface area contributed by atoms with E-state index in [1.165, 1.54) is 44.9 Å². The molecule has 0 saturated carbocycles. The maximum absolute atomic E-state index is 10.8. The van der Waals surface area contributed by atoms with E-state index in [1.54, 1.807) is 0 Å². The second-order valence-electron chi connectivity index (χ2n) is 5.91. The Bertz CT molecular complexity index is 227. The topological polar surface area (TPSA) is 37.3 Å². The number of alkyl halides is 1. The zero-order chi connectivity index (χ0) is 14.0. The molecule has 0 fully saturated rings. The van der Waals surface area contributed by atoms with E-state index in [-0.39, 0.29) is 5.41 Å². The van der Waals surface area contributed by atoms with Crippen molar-refractivity contribution in [2.45, 2.75) is 83.9 Å². The van der Waals surface area contributed by atoms with Gasteiger partial charge < -0.3 is 5.11 Å². The Morgan fingerprint density at radius 3 is 1.94 bits per heavy atom. The van der Waals surface area contributed by atoms with Crippen molar-refractivity contribution in [3.63, 3.8) is 0 Å². The van der Waals surface area contributed by atoms with E-state index in [0.29, 0.717) is 0 Å². The summed E-state index contributed by atoms with van der Waals surface area (Å²) >= 11 is 5.91. The van der Waals surface area contributed by atoms with Gasteiger partial charge in [-0.1, -0.05) is 72.1 Å². The van der Waals surface area contributed by atoms with Gasteiger partial charge in [0.05, 0.1) is 0 Å². The maximum atomic E-state index is 10.8. The van der Waals surface area contributed by atoms with Crippen LogP contribution in [0.1, 0.15) is 78.6 Å². The van der Waals surface area contributed by atoms with Crippen LogP contribution in [0.4, 0.5) is 0 Å². The van der Waals surface area contributed by atoms with E-state index in [9.17, 15) is 4.79 Å². The first-order valence-electron chi connectivity index (χ1n) is 7.28. The number of carboxylic acids is 1. The lowest BCUT2D eigenvalue weighted by Gasteiger charge is -2.27. The average Bonchev–Trinajstić information content (AvgIpc) is 2.31. The lowest BCUT2D eigenvalue weighted by molar-refractivity contribution is -0.138. The lowest BCUT2D eigenvalue weighted by Crippen LogP contribution is -2.31. The van der Waals surface area contributed by atoms with E-state index >= 15 is 0 Å². The van der Waals surface area contributed by atoms with Crippen molar-refractivity contribution in [2.75, 3.05) is 0 Å². The second-order valence-corrected chi connectivity index (χ2v) is 6.35. The van der Waals surface area contributed by atoms with Crippen LogP contribution in [0, 0.1) is 5.41 Å². The van der Waals surface area contributed by atoms with Gasteiger partial charge in [0, 0.05) is 0 Å². The lowest BCUT2D eigenvalue weighted by atomic mass is 9.83. The third kappa shape index (κ3) is 7.97. The summed E-state index contributed by atoms with van der Waals surface area (Å²) in [6.07, 6.45) is 11.1. The smallest absolute Gasteiger partial charge is 0.322 e. The molecule has 0 saturated heterocycles. The molecular formula is C15H29ClO2. The van der Waals surface area contributed by atoms with E-state index < -0.39 is 11.3 Å². The van der Waals surface area contributed by atoms with E-state index in [2.05, 4.69) is 6.92 Å². The molecule has 108 valence electrons. The highest BCUT2D eigenvalue weighted by atomic mass is 35.5. The first kappa shape index (κ1) is 17.8. The number of halogens is 1. The molecule has 0 aliphatic heterocycles. The van der Waals surface area contributed by atoms with Gasteiger partial charge in [0.15, 0.2) is 0 Å². The summed E-state index contributed by atoms with van der Waals surface area (Å²) in [5.74, 6) is -0.902. The van der Waals surface area contributed by atoms with Gasteiger partial charge in [-0.2, -0.15) is 0 Å². The van der Waals surface area contributed by atoms with Gasteiger partial charge in [-0.15, -0.1) is 11.6 Å². The first-order valence-corrected chi connectivity index (χ1v) is 7.72. The van der Waals surface area contributed by atoms with Gasteiger partial charge in [-0.25, -0.2) is 0 Å². The number of carboxylic acid groups (broad SMARTS) is 1. The number of rotatable bonds is 11. The van der Waals surface area contributed by atoms with Crippen LogP contribution in [0.2, 0.25) is 0 Å². The van der Waals surface area contributed by atoms with Crippen LogP contribution < -0.4 is 0 Å². The van der Waals surface area contributed by atoms with Crippen LogP contribution in [0.3, 0.4) is 0 Å². The van der Waals surface area contributed by atoms with Crippen molar-refractivity contribution in [3.05, 3.63) is 0 Å². The van der Waals surface area contributed by atoms with Gasteiger partial charge in [0.2, 0.25) is 0 Å². The zero-order valence-corrected chi connectivity index (χ0v) is 12.9. The monoisotopic (exact) mass is 276 g/mol. The number of hydrogen-bond acceptors (Lipinski definition) is 1. The summed E-state index contributed by atoms with van der Waals surface area (Å²) in [6, 6.07) is 0. The molecule has 3 heteroatoms. The Morgan fingerprint density at radius 2 is 1.50 bits per heavy atom. The Kier molecular flexibility index (Phi) is 9.53. The van der Waals surface area contributed by atoms with Gasteiger partial charge in [-0.3, -0.25) is 4.79 Å². The predicted molar refractivity (Wildman–Crippen MR) is 78.3 cm³/mol. The Balaban J connectivity index is 3.56. The molecule has 0 amide bonds. The minimum absolute atomic E-state index is 0.310. The molecule has 0 aromatic rings. The fraction of sp³-hybridized carbons (Fsp3) is 0.933. The molecule has 0 radical (unpaired) electrons. The standard InChI is InChI=1S/C15H29ClO2/c1-4-5-6-7-8-9-10-11-12-15(2,3)13(16)14(17)18/h13H,4-12H2,1-3H3,(H,17,18). The van der Waals surface area contributed by atoms with Crippen molar-refractivity contribution in [2.24, 2.45) is 5.41 Å². The Morgan fingerprint density at radius 1 is 1.06 bits per heavy atom. The van der Waals surface area contributed by atoms with Crippen LogP contribution in [0.15, 0.2) is 0 Å². The molecule has 2 nitrogen and oxygen atoms in total. The molecule has 1 N–H and O–H groups in total. The molecule has 1 unspecified atom stereocenters. The normalized spacial score (nSPS) is 13.6. The van der Waals surface area contributed by atoms with Crippen LogP contribution >= 0.6 is 11.6 Å². The van der Waals surface area contributed by atoms with Gasteiger partial charge in [0.1, 0.15) is 5.38 Å². The summed E-state index contributed by atoms with van der Waals surface area (Å²) in [6.45, 7) is 6.12.